The molecule has 0 unspecified atom stereocenters. The maximum atomic E-state index is 12.3. The van der Waals surface area contributed by atoms with E-state index in [2.05, 4.69) is 42.0 Å². The van der Waals surface area contributed by atoms with Gasteiger partial charge >= 0.3 is 6.36 Å². The molecule has 0 bridgehead atoms. The fourth-order valence-electron chi connectivity index (χ4n) is 2.17. The molecule has 0 fully saturated rings. The molecule has 10 heteroatoms. The van der Waals surface area contributed by atoms with Crippen LogP contribution in [-0.2, 0) is 6.54 Å². The molecule has 0 aliphatic heterocycles. The third kappa shape index (κ3) is 5.93. The Bertz CT molecular complexity index is 955. The standard InChI is InChI=1S/C17H10BrF3N3O2.U/c18-13-8-12(26-17(19,20)21)7-10-4-5-14(24-15(10)13)16(25)23-9-11-3-1-2-6-22-11;/h1-3,5-8H,9H2,(H,23,25);/q-1;. The average molecular weight is 663 g/mol. The minimum atomic E-state index is -4.80. The van der Waals surface area contributed by atoms with Crippen molar-refractivity contribution in [3.63, 3.8) is 0 Å². The van der Waals surface area contributed by atoms with Gasteiger partial charge in [-0.05, 0) is 23.7 Å². The van der Waals surface area contributed by atoms with Gasteiger partial charge in [-0.15, -0.1) is 30.7 Å². The zero-order valence-electron chi connectivity index (χ0n) is 13.5. The van der Waals surface area contributed by atoms with Crippen LogP contribution < -0.4 is 10.1 Å². The zero-order chi connectivity index (χ0) is 18.7. The predicted molar refractivity (Wildman–Crippen MR) is 90.4 cm³/mol. The molecule has 2 aromatic heterocycles. The van der Waals surface area contributed by atoms with Gasteiger partial charge < -0.3 is 15.0 Å². The second-order valence-corrected chi connectivity index (χ2v) is 5.99. The monoisotopic (exact) mass is 662 g/mol. The second-order valence-electron chi connectivity index (χ2n) is 5.14. The number of hydrogen-bond donors (Lipinski definition) is 1. The van der Waals surface area contributed by atoms with Crippen LogP contribution in [0.4, 0.5) is 13.2 Å². The maximum absolute atomic E-state index is 12.3. The summed E-state index contributed by atoms with van der Waals surface area (Å²) in [5, 5.41) is 2.95. The minimum Gasteiger partial charge on any atom is -0.416 e. The summed E-state index contributed by atoms with van der Waals surface area (Å²) in [6.07, 6.45) is -3.19. The van der Waals surface area contributed by atoms with E-state index in [1.54, 1.807) is 24.4 Å². The molecule has 0 spiro atoms. The minimum absolute atomic E-state index is 0. The van der Waals surface area contributed by atoms with Gasteiger partial charge in [0.15, 0.2) is 0 Å². The van der Waals surface area contributed by atoms with Gasteiger partial charge in [-0.2, -0.15) is 0 Å². The Kier molecular flexibility index (Phi) is 7.26. The SMILES string of the molecule is O=C(NCc1ccccn1)c1c[c-]c2cc(OC(F)(F)F)cc(Br)c2n1.[U]. The molecule has 138 valence electrons. The first-order valence-corrected chi connectivity index (χ1v) is 8.07. The molecule has 0 aliphatic rings. The Hall–Kier alpha value is -1.63. The van der Waals surface area contributed by atoms with Gasteiger partial charge in [0.2, 0.25) is 5.91 Å². The molecule has 0 saturated heterocycles. The van der Waals surface area contributed by atoms with Gasteiger partial charge in [0.1, 0.15) is 0 Å². The normalized spacial score (nSPS) is 11.0. The summed E-state index contributed by atoms with van der Waals surface area (Å²) in [6, 6.07) is 11.7. The van der Waals surface area contributed by atoms with E-state index in [9.17, 15) is 18.0 Å². The molecule has 27 heavy (non-hydrogen) atoms. The Morgan fingerprint density at radius 3 is 2.74 bits per heavy atom. The number of ether oxygens (including phenoxy) is 1. The van der Waals surface area contributed by atoms with E-state index in [4.69, 9.17) is 0 Å². The first-order valence-electron chi connectivity index (χ1n) is 7.28. The van der Waals surface area contributed by atoms with Crippen molar-refractivity contribution in [2.45, 2.75) is 12.9 Å². The van der Waals surface area contributed by atoms with Crippen molar-refractivity contribution in [1.29, 1.82) is 0 Å². The smallest absolute Gasteiger partial charge is 0.416 e. The van der Waals surface area contributed by atoms with E-state index < -0.39 is 18.0 Å². The van der Waals surface area contributed by atoms with E-state index in [0.29, 0.717) is 11.2 Å². The number of fused-ring (bicyclic) bond motifs is 1. The van der Waals surface area contributed by atoms with Gasteiger partial charge in [0, 0.05) is 47.5 Å². The third-order valence-corrected chi connectivity index (χ3v) is 3.86. The molecule has 0 radical (unpaired) electrons. The van der Waals surface area contributed by atoms with Crippen molar-refractivity contribution >= 4 is 32.7 Å². The Morgan fingerprint density at radius 1 is 1.30 bits per heavy atom. The summed E-state index contributed by atoms with van der Waals surface area (Å²) < 4.78 is 41.2. The van der Waals surface area contributed by atoms with E-state index in [1.807, 2.05) is 0 Å². The van der Waals surface area contributed by atoms with Crippen molar-refractivity contribution < 1.29 is 53.8 Å². The van der Waals surface area contributed by atoms with Crippen LogP contribution in [0.3, 0.4) is 0 Å². The van der Waals surface area contributed by atoms with Crippen LogP contribution in [0.15, 0.2) is 47.1 Å². The van der Waals surface area contributed by atoms with E-state index >= 15 is 0 Å². The predicted octanol–water partition coefficient (Wildman–Crippen LogP) is 4.02. The number of carbonyl (C=O) groups excluding carboxylic acids is 1. The number of benzene rings is 1. The Labute approximate surface area is 184 Å². The van der Waals surface area contributed by atoms with Crippen molar-refractivity contribution in [1.82, 2.24) is 15.3 Å². The maximum Gasteiger partial charge on any atom is 0.572 e. The number of alkyl halides is 3. The molecule has 1 N–H and O–H groups in total. The molecule has 2 heterocycles. The molecular formula is C17H10BrF3N3O2U-. The summed E-state index contributed by atoms with van der Waals surface area (Å²) in [6.45, 7) is 0.221. The van der Waals surface area contributed by atoms with Crippen molar-refractivity contribution in [3.8, 4) is 5.75 Å². The second kappa shape index (κ2) is 9.04. The molecule has 0 atom stereocenters. The first kappa shape index (κ1) is 21.7. The number of amides is 1. The summed E-state index contributed by atoms with van der Waals surface area (Å²) in [5.74, 6) is -0.849. The molecule has 0 aliphatic carbocycles. The molecule has 5 nitrogen and oxygen atoms in total. The van der Waals surface area contributed by atoms with Crippen LogP contribution >= 0.6 is 15.9 Å². The zero-order valence-corrected chi connectivity index (χ0v) is 19.2. The fourth-order valence-corrected chi connectivity index (χ4v) is 2.70. The number of hydrogen-bond acceptors (Lipinski definition) is 4. The molecule has 3 aromatic rings. The number of halogens is 4. The van der Waals surface area contributed by atoms with Gasteiger partial charge in [-0.3, -0.25) is 9.78 Å². The van der Waals surface area contributed by atoms with Gasteiger partial charge in [-0.1, -0.05) is 28.1 Å². The van der Waals surface area contributed by atoms with Crippen molar-refractivity contribution in [2.75, 3.05) is 0 Å². The quantitative estimate of drug-likeness (QED) is 0.429. The molecular weight excluding hydrogens is 653 g/mol. The molecule has 3 rings (SSSR count). The number of rotatable bonds is 4. The van der Waals surface area contributed by atoms with Gasteiger partial charge in [0.25, 0.3) is 0 Å². The molecule has 0 saturated carbocycles. The van der Waals surface area contributed by atoms with Crippen LogP contribution in [0.1, 0.15) is 16.2 Å². The van der Waals surface area contributed by atoms with Crippen molar-refractivity contribution in [3.05, 3.63) is 64.5 Å². The van der Waals surface area contributed by atoms with Crippen LogP contribution in [-0.4, -0.2) is 22.2 Å². The summed E-state index contributed by atoms with van der Waals surface area (Å²) in [7, 11) is 0. The van der Waals surface area contributed by atoms with Crippen LogP contribution in [0.5, 0.6) is 5.75 Å². The average Bonchev–Trinajstić information content (AvgIpc) is 2.59. The summed E-state index contributed by atoms with van der Waals surface area (Å²) in [5.41, 5.74) is 1.06. The summed E-state index contributed by atoms with van der Waals surface area (Å²) >= 11 is 3.14. The van der Waals surface area contributed by atoms with Crippen molar-refractivity contribution in [2.24, 2.45) is 0 Å². The molecule has 1 aromatic carbocycles. The van der Waals surface area contributed by atoms with Crippen LogP contribution in [0.2, 0.25) is 0 Å². The number of nitrogens with one attached hydrogen (secondary N) is 1. The number of aromatic nitrogens is 2. The molecule has 1 amide bonds. The topological polar surface area (TPSA) is 64.1 Å². The van der Waals surface area contributed by atoms with Gasteiger partial charge in [0.05, 0.1) is 18.0 Å². The fraction of sp³-hybridized carbons (Fsp3) is 0.118. The van der Waals surface area contributed by atoms with Crippen LogP contribution in [0, 0.1) is 37.2 Å². The third-order valence-electron chi connectivity index (χ3n) is 3.26. The largest absolute Gasteiger partial charge is 0.572 e. The van der Waals surface area contributed by atoms with E-state index in [0.717, 1.165) is 12.1 Å². The first-order chi connectivity index (χ1) is 12.3. The van der Waals surface area contributed by atoms with E-state index in [-0.39, 0.29) is 53.2 Å². The Balaban J connectivity index is 0.00000261. The Morgan fingerprint density at radius 2 is 2.07 bits per heavy atom. The van der Waals surface area contributed by atoms with E-state index in [1.165, 1.54) is 6.07 Å². The van der Waals surface area contributed by atoms with Crippen LogP contribution in [0.25, 0.3) is 10.9 Å². The number of pyridine rings is 2. The summed E-state index contributed by atoms with van der Waals surface area (Å²) in [4.78, 5) is 20.5. The number of carbonyl (C=O) groups is 1. The number of nitrogens with zero attached hydrogens (tertiary/aromatic N) is 2. The van der Waals surface area contributed by atoms with Gasteiger partial charge in [-0.25, -0.2) is 0 Å².